The predicted molar refractivity (Wildman–Crippen MR) is 106 cm³/mol. The monoisotopic (exact) mass is 344 g/mol. The van der Waals surface area contributed by atoms with Gasteiger partial charge in [0.25, 0.3) is 0 Å². The maximum absolute atomic E-state index is 9.24. The molecule has 0 unspecified atom stereocenters. The molecule has 1 aromatic heterocycles. The van der Waals surface area contributed by atoms with E-state index < -0.39 is 0 Å². The number of aliphatic hydroxyl groups excluding tert-OH is 1. The summed E-state index contributed by atoms with van der Waals surface area (Å²) in [5.41, 5.74) is 5.87. The largest absolute Gasteiger partial charge is 0.497 e. The molecular formula is C22H20N2O2. The minimum atomic E-state index is 0.0421. The summed E-state index contributed by atoms with van der Waals surface area (Å²) in [5, 5.41) is 14.9. The Morgan fingerprint density at radius 3 is 2.31 bits per heavy atom. The van der Waals surface area contributed by atoms with Crippen LogP contribution in [-0.4, -0.2) is 17.2 Å². The number of anilines is 2. The number of pyridine rings is 1. The lowest BCUT2D eigenvalue weighted by Crippen LogP contribution is -1.96. The molecule has 0 spiro atoms. The molecule has 0 saturated heterocycles. The van der Waals surface area contributed by atoms with Crippen LogP contribution in [0.25, 0.3) is 21.8 Å². The summed E-state index contributed by atoms with van der Waals surface area (Å²) in [6.45, 7) is 2.11. The van der Waals surface area contributed by atoms with Gasteiger partial charge >= 0.3 is 0 Å². The van der Waals surface area contributed by atoms with E-state index in [9.17, 15) is 5.11 Å². The van der Waals surface area contributed by atoms with E-state index in [-0.39, 0.29) is 6.61 Å². The molecule has 3 aromatic carbocycles. The molecule has 0 fully saturated rings. The van der Waals surface area contributed by atoms with Gasteiger partial charge in [0.15, 0.2) is 0 Å². The fourth-order valence-electron chi connectivity index (χ4n) is 3.14. The normalized spacial score (nSPS) is 11.0. The van der Waals surface area contributed by atoms with Gasteiger partial charge in [0.05, 0.1) is 30.4 Å². The Balaban J connectivity index is 1.93. The first kappa shape index (κ1) is 16.4. The molecule has 2 N–H and O–H groups in total. The summed E-state index contributed by atoms with van der Waals surface area (Å²) >= 11 is 0. The Morgan fingerprint density at radius 2 is 1.62 bits per heavy atom. The fraction of sp³-hybridized carbons (Fsp3) is 0.136. The lowest BCUT2D eigenvalue weighted by atomic mass is 10.1. The van der Waals surface area contributed by atoms with E-state index in [1.54, 1.807) is 7.11 Å². The van der Waals surface area contributed by atoms with Crippen molar-refractivity contribution in [1.82, 2.24) is 4.98 Å². The second-order valence-electron chi connectivity index (χ2n) is 6.37. The standard InChI is InChI=1S/C22H20N2O2/c1-14-3-9-18-20(11-14)24-21-12-17(26-2)8-10-19(21)22(18)23-16-6-4-15(13-25)5-7-16/h3-12,25H,13H2,1-2H3,(H,23,24). The number of nitrogens with one attached hydrogen (secondary N) is 1. The van der Waals surface area contributed by atoms with Crippen molar-refractivity contribution in [3.63, 3.8) is 0 Å². The number of hydrogen-bond donors (Lipinski definition) is 2. The number of benzene rings is 3. The van der Waals surface area contributed by atoms with Crippen LogP contribution >= 0.6 is 0 Å². The molecule has 4 rings (SSSR count). The van der Waals surface area contributed by atoms with Gasteiger partial charge in [0.1, 0.15) is 5.75 Å². The first-order valence-electron chi connectivity index (χ1n) is 8.53. The molecule has 0 bridgehead atoms. The lowest BCUT2D eigenvalue weighted by Gasteiger charge is -2.14. The van der Waals surface area contributed by atoms with Crippen LogP contribution in [0.3, 0.4) is 0 Å². The zero-order valence-electron chi connectivity index (χ0n) is 14.8. The molecule has 26 heavy (non-hydrogen) atoms. The molecule has 0 saturated carbocycles. The van der Waals surface area contributed by atoms with Crippen LogP contribution in [0.15, 0.2) is 60.7 Å². The third-order valence-corrected chi connectivity index (χ3v) is 4.54. The van der Waals surface area contributed by atoms with Gasteiger partial charge in [-0.1, -0.05) is 24.3 Å². The van der Waals surface area contributed by atoms with Crippen molar-refractivity contribution in [3.05, 3.63) is 71.8 Å². The first-order valence-corrected chi connectivity index (χ1v) is 8.53. The minimum Gasteiger partial charge on any atom is -0.497 e. The van der Waals surface area contributed by atoms with Crippen LogP contribution in [0, 0.1) is 6.92 Å². The molecule has 4 aromatic rings. The maximum Gasteiger partial charge on any atom is 0.121 e. The van der Waals surface area contributed by atoms with Gasteiger partial charge < -0.3 is 15.2 Å². The van der Waals surface area contributed by atoms with Crippen LogP contribution in [0.1, 0.15) is 11.1 Å². The Bertz CT molecular complexity index is 1090. The van der Waals surface area contributed by atoms with E-state index in [0.29, 0.717) is 0 Å². The molecule has 1 heterocycles. The van der Waals surface area contributed by atoms with E-state index in [2.05, 4.69) is 30.4 Å². The summed E-state index contributed by atoms with van der Waals surface area (Å²) in [6.07, 6.45) is 0. The van der Waals surface area contributed by atoms with Gasteiger partial charge in [-0.3, -0.25) is 0 Å². The zero-order valence-corrected chi connectivity index (χ0v) is 14.8. The number of aliphatic hydroxyl groups is 1. The van der Waals surface area contributed by atoms with Gasteiger partial charge in [-0.25, -0.2) is 4.98 Å². The van der Waals surface area contributed by atoms with E-state index in [1.807, 2.05) is 42.5 Å². The summed E-state index contributed by atoms with van der Waals surface area (Å²) in [7, 11) is 1.66. The molecule has 0 amide bonds. The second kappa shape index (κ2) is 6.65. The van der Waals surface area contributed by atoms with E-state index in [4.69, 9.17) is 9.72 Å². The lowest BCUT2D eigenvalue weighted by molar-refractivity contribution is 0.282. The quantitative estimate of drug-likeness (QED) is 0.515. The number of aromatic nitrogens is 1. The molecule has 0 aliphatic heterocycles. The number of rotatable bonds is 4. The topological polar surface area (TPSA) is 54.4 Å². The SMILES string of the molecule is COc1ccc2c(Nc3ccc(CO)cc3)c3ccc(C)cc3nc2c1. The Kier molecular flexibility index (Phi) is 4.19. The van der Waals surface area contributed by atoms with Gasteiger partial charge in [-0.15, -0.1) is 0 Å². The van der Waals surface area contributed by atoms with Crippen molar-refractivity contribution in [3.8, 4) is 5.75 Å². The highest BCUT2D eigenvalue weighted by Crippen LogP contribution is 2.35. The van der Waals surface area contributed by atoms with Crippen molar-refractivity contribution in [1.29, 1.82) is 0 Å². The van der Waals surface area contributed by atoms with Gasteiger partial charge in [0.2, 0.25) is 0 Å². The highest BCUT2D eigenvalue weighted by Gasteiger charge is 2.11. The minimum absolute atomic E-state index is 0.0421. The highest BCUT2D eigenvalue weighted by molar-refractivity contribution is 6.09. The second-order valence-corrected chi connectivity index (χ2v) is 6.37. The third kappa shape index (κ3) is 2.95. The molecule has 0 aliphatic rings. The molecule has 4 nitrogen and oxygen atoms in total. The van der Waals surface area contributed by atoms with Gasteiger partial charge in [-0.2, -0.15) is 0 Å². The summed E-state index contributed by atoms with van der Waals surface area (Å²) in [6, 6.07) is 20.0. The molecule has 0 atom stereocenters. The Hall–Kier alpha value is -3.11. The van der Waals surface area contributed by atoms with E-state index >= 15 is 0 Å². The molecule has 0 radical (unpaired) electrons. The number of methoxy groups -OCH3 is 1. The Morgan fingerprint density at radius 1 is 0.923 bits per heavy atom. The number of hydrogen-bond acceptors (Lipinski definition) is 4. The number of nitrogens with zero attached hydrogens (tertiary/aromatic N) is 1. The van der Waals surface area contributed by atoms with Crippen LogP contribution in [0.5, 0.6) is 5.75 Å². The number of fused-ring (bicyclic) bond motifs is 2. The molecular weight excluding hydrogens is 324 g/mol. The van der Waals surface area contributed by atoms with Crippen LogP contribution in [0.2, 0.25) is 0 Å². The van der Waals surface area contributed by atoms with Crippen molar-refractivity contribution < 1.29 is 9.84 Å². The van der Waals surface area contributed by atoms with Crippen LogP contribution in [-0.2, 0) is 6.61 Å². The zero-order chi connectivity index (χ0) is 18.1. The third-order valence-electron chi connectivity index (χ3n) is 4.54. The van der Waals surface area contributed by atoms with E-state index in [1.165, 1.54) is 5.56 Å². The van der Waals surface area contributed by atoms with Gasteiger partial charge in [0, 0.05) is 22.5 Å². The Labute approximate surface area is 152 Å². The smallest absolute Gasteiger partial charge is 0.121 e. The molecule has 4 heteroatoms. The summed E-state index contributed by atoms with van der Waals surface area (Å²) in [4.78, 5) is 4.82. The van der Waals surface area contributed by atoms with E-state index in [0.717, 1.165) is 44.5 Å². The van der Waals surface area contributed by atoms with Crippen molar-refractivity contribution in [2.75, 3.05) is 12.4 Å². The predicted octanol–water partition coefficient (Wildman–Crippen LogP) is 4.94. The molecule has 0 aliphatic carbocycles. The average Bonchev–Trinajstić information content (AvgIpc) is 2.67. The number of aryl methyl sites for hydroxylation is 1. The van der Waals surface area contributed by atoms with Crippen molar-refractivity contribution >= 4 is 33.2 Å². The maximum atomic E-state index is 9.24. The van der Waals surface area contributed by atoms with Crippen molar-refractivity contribution in [2.45, 2.75) is 13.5 Å². The summed E-state index contributed by atoms with van der Waals surface area (Å²) < 4.78 is 5.36. The number of ether oxygens (including phenoxy) is 1. The van der Waals surface area contributed by atoms with Crippen LogP contribution < -0.4 is 10.1 Å². The van der Waals surface area contributed by atoms with Crippen LogP contribution in [0.4, 0.5) is 11.4 Å². The van der Waals surface area contributed by atoms with Gasteiger partial charge in [-0.05, 0) is 48.4 Å². The highest BCUT2D eigenvalue weighted by atomic mass is 16.5. The molecule has 130 valence electrons. The average molecular weight is 344 g/mol. The first-order chi connectivity index (χ1) is 12.7. The summed E-state index contributed by atoms with van der Waals surface area (Å²) in [5.74, 6) is 0.787. The fourth-order valence-corrected chi connectivity index (χ4v) is 3.14. The van der Waals surface area contributed by atoms with Crippen molar-refractivity contribution in [2.24, 2.45) is 0 Å².